The van der Waals surface area contributed by atoms with Gasteiger partial charge in [-0.1, -0.05) is 19.1 Å². The first-order valence-electron chi connectivity index (χ1n) is 8.60. The number of benzene rings is 2. The normalized spacial score (nSPS) is 15.5. The number of aryl methyl sites for hydroxylation is 1. The third-order valence-corrected chi connectivity index (χ3v) is 6.21. The summed E-state index contributed by atoms with van der Waals surface area (Å²) in [6.45, 7) is 2.78. The Labute approximate surface area is 157 Å². The first kappa shape index (κ1) is 19.5. The van der Waals surface area contributed by atoms with E-state index in [0.717, 1.165) is 28.4 Å². The van der Waals surface area contributed by atoms with Crippen LogP contribution < -0.4 is 4.74 Å². The lowest BCUT2D eigenvalue weighted by Crippen LogP contribution is -2.41. The number of carbonyl (C=O) groups excluding carboxylic acids is 1. The fourth-order valence-electron chi connectivity index (χ4n) is 2.71. The zero-order valence-corrected chi connectivity index (χ0v) is 15.7. The molecule has 2 aromatic rings. The molecule has 0 amide bonds. The SMILES string of the molecule is CCc1ccc(OC(=O)c2ccc(F)c(S(=O)(=O)N3CCOCC3)c2)cc1. The molecule has 3 rings (SSSR count). The number of halogens is 1. The Bertz CT molecular complexity index is 922. The summed E-state index contributed by atoms with van der Waals surface area (Å²) in [5.41, 5.74) is 1.05. The second kappa shape index (κ2) is 8.16. The number of ether oxygens (including phenoxy) is 2. The predicted molar refractivity (Wildman–Crippen MR) is 96.8 cm³/mol. The van der Waals surface area contributed by atoms with Crippen molar-refractivity contribution in [1.82, 2.24) is 4.31 Å². The van der Waals surface area contributed by atoms with Gasteiger partial charge in [-0.2, -0.15) is 4.31 Å². The van der Waals surface area contributed by atoms with Crippen LogP contribution >= 0.6 is 0 Å². The highest BCUT2D eigenvalue weighted by Crippen LogP contribution is 2.23. The second-order valence-electron chi connectivity index (χ2n) is 6.05. The lowest BCUT2D eigenvalue weighted by molar-refractivity contribution is 0.0726. The van der Waals surface area contributed by atoms with Crippen LogP contribution in [0, 0.1) is 5.82 Å². The van der Waals surface area contributed by atoms with Crippen molar-refractivity contribution >= 4 is 16.0 Å². The van der Waals surface area contributed by atoms with Crippen molar-refractivity contribution in [2.24, 2.45) is 0 Å². The Hall–Kier alpha value is -2.29. The molecule has 0 N–H and O–H groups in total. The van der Waals surface area contributed by atoms with Gasteiger partial charge in [-0.15, -0.1) is 0 Å². The third kappa shape index (κ3) is 4.35. The molecule has 144 valence electrons. The Balaban J connectivity index is 1.84. The van der Waals surface area contributed by atoms with Crippen LogP contribution in [0.25, 0.3) is 0 Å². The van der Waals surface area contributed by atoms with Gasteiger partial charge in [-0.25, -0.2) is 17.6 Å². The molecule has 2 aromatic carbocycles. The van der Waals surface area contributed by atoms with Gasteiger partial charge in [-0.3, -0.25) is 0 Å². The molecule has 0 aromatic heterocycles. The summed E-state index contributed by atoms with van der Waals surface area (Å²) in [5.74, 6) is -1.33. The van der Waals surface area contributed by atoms with Crippen LogP contribution in [-0.4, -0.2) is 45.0 Å². The van der Waals surface area contributed by atoms with E-state index in [4.69, 9.17) is 9.47 Å². The van der Waals surface area contributed by atoms with Crippen molar-refractivity contribution in [3.8, 4) is 5.75 Å². The van der Waals surface area contributed by atoms with E-state index in [9.17, 15) is 17.6 Å². The number of rotatable bonds is 5. The highest BCUT2D eigenvalue weighted by Gasteiger charge is 2.30. The molecule has 0 bridgehead atoms. The van der Waals surface area contributed by atoms with Crippen LogP contribution in [0.1, 0.15) is 22.8 Å². The average molecular weight is 393 g/mol. The van der Waals surface area contributed by atoms with Crippen molar-refractivity contribution in [3.05, 3.63) is 59.4 Å². The van der Waals surface area contributed by atoms with Crippen molar-refractivity contribution in [2.75, 3.05) is 26.3 Å². The molecule has 1 fully saturated rings. The van der Waals surface area contributed by atoms with Crippen LogP contribution in [0.4, 0.5) is 4.39 Å². The topological polar surface area (TPSA) is 72.9 Å². The van der Waals surface area contributed by atoms with Crippen molar-refractivity contribution < 1.29 is 27.1 Å². The lowest BCUT2D eigenvalue weighted by Gasteiger charge is -2.26. The quantitative estimate of drug-likeness (QED) is 0.577. The van der Waals surface area contributed by atoms with Crippen molar-refractivity contribution in [1.29, 1.82) is 0 Å². The van der Waals surface area contributed by atoms with Gasteiger partial charge in [0.25, 0.3) is 0 Å². The number of hydrogen-bond acceptors (Lipinski definition) is 5. The zero-order valence-electron chi connectivity index (χ0n) is 14.9. The first-order valence-corrected chi connectivity index (χ1v) is 10.0. The van der Waals surface area contributed by atoms with E-state index in [-0.39, 0.29) is 31.9 Å². The molecule has 1 heterocycles. The van der Waals surface area contributed by atoms with Gasteiger partial charge in [0.05, 0.1) is 18.8 Å². The number of esters is 1. The molecule has 0 saturated carbocycles. The van der Waals surface area contributed by atoms with E-state index >= 15 is 0 Å². The lowest BCUT2D eigenvalue weighted by atomic mass is 10.2. The van der Waals surface area contributed by atoms with E-state index in [1.807, 2.05) is 19.1 Å². The van der Waals surface area contributed by atoms with E-state index in [1.165, 1.54) is 6.07 Å². The van der Waals surface area contributed by atoms with Gasteiger partial charge in [0.15, 0.2) is 0 Å². The average Bonchev–Trinajstić information content (AvgIpc) is 2.69. The molecule has 0 atom stereocenters. The molecular formula is C19H20FNO5S. The smallest absolute Gasteiger partial charge is 0.343 e. The minimum atomic E-state index is -4.06. The van der Waals surface area contributed by atoms with Crippen molar-refractivity contribution in [2.45, 2.75) is 18.2 Å². The fourth-order valence-corrected chi connectivity index (χ4v) is 4.21. The van der Waals surface area contributed by atoms with Gasteiger partial charge >= 0.3 is 5.97 Å². The minimum absolute atomic E-state index is 0.0391. The summed E-state index contributed by atoms with van der Waals surface area (Å²) in [6.07, 6.45) is 0.856. The van der Waals surface area contributed by atoms with E-state index in [0.29, 0.717) is 5.75 Å². The Morgan fingerprint density at radius 2 is 1.81 bits per heavy atom. The maximum Gasteiger partial charge on any atom is 0.343 e. The maximum absolute atomic E-state index is 14.2. The summed E-state index contributed by atoms with van der Waals surface area (Å²) in [5, 5.41) is 0. The highest BCUT2D eigenvalue weighted by atomic mass is 32.2. The number of carbonyl (C=O) groups is 1. The Kier molecular flexibility index (Phi) is 5.88. The fraction of sp³-hybridized carbons (Fsp3) is 0.316. The monoisotopic (exact) mass is 393 g/mol. The molecule has 8 heteroatoms. The van der Waals surface area contributed by atoms with Gasteiger partial charge < -0.3 is 9.47 Å². The van der Waals surface area contributed by atoms with E-state index < -0.39 is 26.7 Å². The molecule has 1 aliphatic rings. The van der Waals surface area contributed by atoms with Crippen LogP contribution in [0.3, 0.4) is 0 Å². The summed E-state index contributed by atoms with van der Waals surface area (Å²) in [6, 6.07) is 10.2. The Morgan fingerprint density at radius 3 is 2.44 bits per heavy atom. The number of sulfonamides is 1. The molecule has 0 aliphatic carbocycles. The zero-order chi connectivity index (χ0) is 19.4. The van der Waals surface area contributed by atoms with E-state index in [2.05, 4.69) is 0 Å². The summed E-state index contributed by atoms with van der Waals surface area (Å²) < 4.78 is 51.1. The van der Waals surface area contributed by atoms with Gasteiger partial charge in [0.2, 0.25) is 10.0 Å². The molecule has 6 nitrogen and oxygen atoms in total. The van der Waals surface area contributed by atoms with Crippen LogP contribution in [0.2, 0.25) is 0 Å². The Morgan fingerprint density at radius 1 is 1.15 bits per heavy atom. The largest absolute Gasteiger partial charge is 0.423 e. The van der Waals surface area contributed by atoms with Crippen LogP contribution in [0.15, 0.2) is 47.4 Å². The standard InChI is InChI=1S/C19H20FNO5S/c1-2-14-3-6-16(7-4-14)26-19(22)15-5-8-17(20)18(13-15)27(23,24)21-9-11-25-12-10-21/h3-8,13H,2,9-12H2,1H3. The first-order chi connectivity index (χ1) is 12.9. The maximum atomic E-state index is 14.2. The van der Waals surface area contributed by atoms with Crippen LogP contribution in [0.5, 0.6) is 5.75 Å². The number of hydrogen-bond donors (Lipinski definition) is 0. The molecule has 0 unspecified atom stereocenters. The third-order valence-electron chi connectivity index (χ3n) is 4.30. The number of nitrogens with zero attached hydrogens (tertiary/aromatic N) is 1. The molecule has 0 spiro atoms. The van der Waals surface area contributed by atoms with Crippen molar-refractivity contribution in [3.63, 3.8) is 0 Å². The van der Waals surface area contributed by atoms with Gasteiger partial charge in [0.1, 0.15) is 16.5 Å². The minimum Gasteiger partial charge on any atom is -0.423 e. The van der Waals surface area contributed by atoms with Gasteiger partial charge in [-0.05, 0) is 42.3 Å². The number of morpholine rings is 1. The summed E-state index contributed by atoms with van der Waals surface area (Å²) in [7, 11) is -4.06. The molecule has 27 heavy (non-hydrogen) atoms. The molecule has 0 radical (unpaired) electrons. The summed E-state index contributed by atoms with van der Waals surface area (Å²) in [4.78, 5) is 11.8. The predicted octanol–water partition coefficient (Wildman–Crippen LogP) is 2.63. The van der Waals surface area contributed by atoms with Gasteiger partial charge in [0, 0.05) is 13.1 Å². The molecule has 1 saturated heterocycles. The summed E-state index contributed by atoms with van der Waals surface area (Å²) >= 11 is 0. The molecular weight excluding hydrogens is 373 g/mol. The highest BCUT2D eigenvalue weighted by molar-refractivity contribution is 7.89. The second-order valence-corrected chi connectivity index (χ2v) is 7.96. The van der Waals surface area contributed by atoms with Crippen LogP contribution in [-0.2, 0) is 21.2 Å². The van der Waals surface area contributed by atoms with E-state index in [1.54, 1.807) is 12.1 Å². The molecule has 1 aliphatic heterocycles.